The number of carbonyl (C=O) groups is 2. The fourth-order valence-corrected chi connectivity index (χ4v) is 1.80. The van der Waals surface area contributed by atoms with Crippen LogP contribution in [0.4, 0.5) is 5.69 Å². The number of benzene rings is 1. The van der Waals surface area contributed by atoms with Crippen molar-refractivity contribution in [3.8, 4) is 0 Å². The van der Waals surface area contributed by atoms with Crippen LogP contribution >= 0.6 is 0 Å². The fraction of sp³-hybridized carbons (Fsp3) is 0.333. The number of aryl methyl sites for hydroxylation is 1. The summed E-state index contributed by atoms with van der Waals surface area (Å²) in [4.78, 5) is 21.6. The molecule has 5 heteroatoms. The van der Waals surface area contributed by atoms with Gasteiger partial charge in [0.1, 0.15) is 0 Å². The van der Waals surface area contributed by atoms with Gasteiger partial charge in [-0.1, -0.05) is 12.1 Å². The zero-order valence-electron chi connectivity index (χ0n) is 9.35. The van der Waals surface area contributed by atoms with Crippen molar-refractivity contribution in [2.75, 3.05) is 11.6 Å². The van der Waals surface area contributed by atoms with Gasteiger partial charge in [-0.3, -0.25) is 20.0 Å². The van der Waals surface area contributed by atoms with Crippen LogP contribution in [0.15, 0.2) is 24.3 Å². The summed E-state index contributed by atoms with van der Waals surface area (Å²) in [5.74, 6) is -0.786. The Balaban J connectivity index is 2.06. The Morgan fingerprint density at radius 1 is 1.47 bits per heavy atom. The first-order valence-electron chi connectivity index (χ1n) is 5.53. The second-order valence-electron chi connectivity index (χ2n) is 4.00. The monoisotopic (exact) mass is 234 g/mol. The SMILES string of the molecule is O=C(O)CCc1cccc(N2CCC(=O)N2)c1. The third kappa shape index (κ3) is 2.96. The van der Waals surface area contributed by atoms with Gasteiger partial charge in [0.05, 0.1) is 5.69 Å². The predicted octanol–water partition coefficient (Wildman–Crippen LogP) is 0.945. The summed E-state index contributed by atoms with van der Waals surface area (Å²) >= 11 is 0. The second kappa shape index (κ2) is 4.86. The highest BCUT2D eigenvalue weighted by Gasteiger charge is 2.18. The van der Waals surface area contributed by atoms with Gasteiger partial charge in [-0.2, -0.15) is 0 Å². The average molecular weight is 234 g/mol. The summed E-state index contributed by atoms with van der Waals surface area (Å²) in [7, 11) is 0. The summed E-state index contributed by atoms with van der Waals surface area (Å²) in [6.07, 6.45) is 1.13. The molecule has 17 heavy (non-hydrogen) atoms. The smallest absolute Gasteiger partial charge is 0.303 e. The van der Waals surface area contributed by atoms with Gasteiger partial charge in [0.15, 0.2) is 0 Å². The number of amides is 1. The minimum Gasteiger partial charge on any atom is -0.481 e. The van der Waals surface area contributed by atoms with Crippen molar-refractivity contribution < 1.29 is 14.7 Å². The summed E-state index contributed by atoms with van der Waals surface area (Å²) in [6.45, 7) is 0.654. The molecule has 0 unspecified atom stereocenters. The highest BCUT2D eigenvalue weighted by atomic mass is 16.4. The largest absolute Gasteiger partial charge is 0.481 e. The molecular formula is C12H14N2O3. The third-order valence-electron chi connectivity index (χ3n) is 2.67. The van der Waals surface area contributed by atoms with Crippen LogP contribution in [0.1, 0.15) is 18.4 Å². The van der Waals surface area contributed by atoms with E-state index >= 15 is 0 Å². The molecule has 1 aromatic rings. The first kappa shape index (κ1) is 11.4. The van der Waals surface area contributed by atoms with E-state index < -0.39 is 5.97 Å². The molecule has 2 rings (SSSR count). The molecule has 1 aliphatic rings. The van der Waals surface area contributed by atoms with Gasteiger partial charge in [-0.05, 0) is 24.1 Å². The number of anilines is 1. The lowest BCUT2D eigenvalue weighted by atomic mass is 10.1. The van der Waals surface area contributed by atoms with Crippen LogP contribution in [-0.2, 0) is 16.0 Å². The summed E-state index contributed by atoms with van der Waals surface area (Å²) in [5, 5.41) is 10.4. The molecule has 1 heterocycles. The van der Waals surface area contributed by atoms with Gasteiger partial charge in [0.2, 0.25) is 5.91 Å². The lowest BCUT2D eigenvalue weighted by molar-refractivity contribution is -0.137. The number of carbonyl (C=O) groups excluding carboxylic acids is 1. The fourth-order valence-electron chi connectivity index (χ4n) is 1.80. The molecule has 0 aromatic heterocycles. The van der Waals surface area contributed by atoms with Crippen molar-refractivity contribution in [1.29, 1.82) is 0 Å². The van der Waals surface area contributed by atoms with Gasteiger partial charge >= 0.3 is 5.97 Å². The topological polar surface area (TPSA) is 69.6 Å². The van der Waals surface area contributed by atoms with E-state index in [0.717, 1.165) is 11.3 Å². The second-order valence-corrected chi connectivity index (χ2v) is 4.00. The third-order valence-corrected chi connectivity index (χ3v) is 2.67. The number of rotatable bonds is 4. The number of nitrogens with one attached hydrogen (secondary N) is 1. The van der Waals surface area contributed by atoms with E-state index in [1.165, 1.54) is 0 Å². The van der Waals surface area contributed by atoms with Crippen LogP contribution in [0.5, 0.6) is 0 Å². The zero-order chi connectivity index (χ0) is 12.3. The Morgan fingerprint density at radius 3 is 2.94 bits per heavy atom. The molecule has 2 N–H and O–H groups in total. The predicted molar refractivity (Wildman–Crippen MR) is 62.5 cm³/mol. The van der Waals surface area contributed by atoms with Gasteiger partial charge in [-0.15, -0.1) is 0 Å². The van der Waals surface area contributed by atoms with E-state index in [0.29, 0.717) is 19.4 Å². The Labute approximate surface area is 99.0 Å². The minimum absolute atomic E-state index is 0.0148. The lowest BCUT2D eigenvalue weighted by Gasteiger charge is -2.17. The molecular weight excluding hydrogens is 220 g/mol. The minimum atomic E-state index is -0.801. The molecule has 0 atom stereocenters. The molecule has 5 nitrogen and oxygen atoms in total. The van der Waals surface area contributed by atoms with Crippen molar-refractivity contribution >= 4 is 17.6 Å². The Kier molecular flexibility index (Phi) is 3.27. The van der Waals surface area contributed by atoms with Crippen LogP contribution in [0.2, 0.25) is 0 Å². The first-order chi connectivity index (χ1) is 8.15. The van der Waals surface area contributed by atoms with Crippen LogP contribution in [0.25, 0.3) is 0 Å². The maximum Gasteiger partial charge on any atom is 0.303 e. The van der Waals surface area contributed by atoms with Gasteiger partial charge in [-0.25, -0.2) is 0 Å². The molecule has 1 aliphatic heterocycles. The van der Waals surface area contributed by atoms with E-state index in [-0.39, 0.29) is 12.3 Å². The maximum atomic E-state index is 11.1. The van der Waals surface area contributed by atoms with Crippen LogP contribution in [0.3, 0.4) is 0 Å². The molecule has 1 aromatic carbocycles. The highest BCUT2D eigenvalue weighted by Crippen LogP contribution is 2.18. The number of hydrazine groups is 1. The summed E-state index contributed by atoms with van der Waals surface area (Å²) in [5.41, 5.74) is 4.61. The van der Waals surface area contributed by atoms with Crippen LogP contribution < -0.4 is 10.4 Å². The quantitative estimate of drug-likeness (QED) is 0.813. The molecule has 0 saturated carbocycles. The summed E-state index contributed by atoms with van der Waals surface area (Å²) < 4.78 is 0. The number of hydrogen-bond donors (Lipinski definition) is 2. The molecule has 1 fully saturated rings. The maximum absolute atomic E-state index is 11.1. The number of hydrogen-bond acceptors (Lipinski definition) is 3. The molecule has 0 radical (unpaired) electrons. The van der Waals surface area contributed by atoms with Crippen molar-refractivity contribution in [2.45, 2.75) is 19.3 Å². The molecule has 1 saturated heterocycles. The number of nitrogens with zero attached hydrogens (tertiary/aromatic N) is 1. The van der Waals surface area contributed by atoms with E-state index in [2.05, 4.69) is 5.43 Å². The van der Waals surface area contributed by atoms with E-state index in [9.17, 15) is 9.59 Å². The molecule has 0 spiro atoms. The van der Waals surface area contributed by atoms with Crippen molar-refractivity contribution in [1.82, 2.24) is 5.43 Å². The van der Waals surface area contributed by atoms with E-state index in [1.807, 2.05) is 24.3 Å². The van der Waals surface area contributed by atoms with Crippen LogP contribution in [-0.4, -0.2) is 23.5 Å². The van der Waals surface area contributed by atoms with Crippen molar-refractivity contribution in [3.63, 3.8) is 0 Å². The van der Waals surface area contributed by atoms with Gasteiger partial charge < -0.3 is 5.11 Å². The number of carboxylic acids is 1. The Hall–Kier alpha value is -2.04. The molecule has 0 bridgehead atoms. The molecule has 90 valence electrons. The van der Waals surface area contributed by atoms with Crippen molar-refractivity contribution in [3.05, 3.63) is 29.8 Å². The summed E-state index contributed by atoms with van der Waals surface area (Å²) in [6, 6.07) is 7.58. The highest BCUT2D eigenvalue weighted by molar-refractivity contribution is 5.81. The number of aliphatic carboxylic acids is 1. The lowest BCUT2D eigenvalue weighted by Crippen LogP contribution is -2.32. The van der Waals surface area contributed by atoms with E-state index in [1.54, 1.807) is 5.01 Å². The normalized spacial score (nSPS) is 14.8. The first-order valence-corrected chi connectivity index (χ1v) is 5.53. The van der Waals surface area contributed by atoms with Crippen molar-refractivity contribution in [2.24, 2.45) is 0 Å². The average Bonchev–Trinajstić information content (AvgIpc) is 2.74. The molecule has 1 amide bonds. The standard InChI is InChI=1S/C12H14N2O3/c15-11-6-7-14(13-11)10-3-1-2-9(8-10)4-5-12(16)17/h1-3,8H,4-7H2,(H,13,15)(H,16,17). The number of carboxylic acid groups (broad SMARTS) is 1. The van der Waals surface area contributed by atoms with E-state index in [4.69, 9.17) is 5.11 Å². The van der Waals surface area contributed by atoms with Crippen LogP contribution in [0, 0.1) is 0 Å². The van der Waals surface area contributed by atoms with Gasteiger partial charge in [0.25, 0.3) is 0 Å². The zero-order valence-corrected chi connectivity index (χ0v) is 9.35. The Bertz CT molecular complexity index is 445. The van der Waals surface area contributed by atoms with Gasteiger partial charge in [0, 0.05) is 19.4 Å². The Morgan fingerprint density at radius 2 is 2.29 bits per heavy atom. The molecule has 0 aliphatic carbocycles.